The van der Waals surface area contributed by atoms with E-state index in [0.717, 1.165) is 0 Å². The number of hydrogen-bond acceptors (Lipinski definition) is 3. The summed E-state index contributed by atoms with van der Waals surface area (Å²) in [6, 6.07) is 0. The van der Waals surface area contributed by atoms with Crippen LogP contribution in [0.4, 0.5) is 0 Å². The normalized spacial score (nSPS) is 31.6. The average Bonchev–Trinajstić information content (AvgIpc) is 3.11. The molecule has 1 aliphatic heterocycles. The fraction of sp³-hybridized carbons (Fsp3) is 1.00. The van der Waals surface area contributed by atoms with Gasteiger partial charge in [-0.15, -0.1) is 0 Å². The van der Waals surface area contributed by atoms with Gasteiger partial charge in [-0.1, -0.05) is 19.3 Å². The lowest BCUT2D eigenvalue weighted by molar-refractivity contribution is 0.0985. The molecule has 3 fully saturated rings. The molecule has 0 radical (unpaired) electrons. The zero-order valence-electron chi connectivity index (χ0n) is 11.1. The average molecular weight is 254 g/mol. The van der Waals surface area contributed by atoms with Crippen LogP contribution in [-0.2, 0) is 0 Å². The van der Waals surface area contributed by atoms with E-state index in [2.05, 4.69) is 28.2 Å². The van der Waals surface area contributed by atoms with Crippen molar-refractivity contribution in [1.82, 2.24) is 10.2 Å². The summed E-state index contributed by atoms with van der Waals surface area (Å²) in [6.45, 7) is 5.14. The molecular weight excluding hydrogens is 228 g/mol. The van der Waals surface area contributed by atoms with Crippen LogP contribution >= 0.6 is 11.8 Å². The molecule has 0 amide bonds. The Morgan fingerprint density at radius 1 is 1.12 bits per heavy atom. The third-order valence-corrected chi connectivity index (χ3v) is 6.42. The SMILES string of the molecule is CSC1(CN2CCNC3(CCCCC3)C2)CC1. The molecule has 17 heavy (non-hydrogen) atoms. The van der Waals surface area contributed by atoms with E-state index in [9.17, 15) is 0 Å². The number of hydrogen-bond donors (Lipinski definition) is 1. The molecule has 1 saturated heterocycles. The van der Waals surface area contributed by atoms with Crippen molar-refractivity contribution in [2.24, 2.45) is 0 Å². The van der Waals surface area contributed by atoms with Gasteiger partial charge < -0.3 is 5.32 Å². The molecule has 1 heterocycles. The highest BCUT2D eigenvalue weighted by atomic mass is 32.2. The van der Waals surface area contributed by atoms with Crippen LogP contribution < -0.4 is 5.32 Å². The minimum atomic E-state index is 0.491. The first-order chi connectivity index (χ1) is 8.26. The summed E-state index contributed by atoms with van der Waals surface area (Å²) in [5.74, 6) is 0. The van der Waals surface area contributed by atoms with Crippen molar-refractivity contribution in [3.63, 3.8) is 0 Å². The number of nitrogens with one attached hydrogen (secondary N) is 1. The van der Waals surface area contributed by atoms with Crippen LogP contribution in [0, 0.1) is 0 Å². The van der Waals surface area contributed by atoms with Gasteiger partial charge in [-0.25, -0.2) is 0 Å². The van der Waals surface area contributed by atoms with Crippen LogP contribution in [0.2, 0.25) is 0 Å². The summed E-state index contributed by atoms with van der Waals surface area (Å²) in [7, 11) is 0. The number of thioether (sulfide) groups is 1. The fourth-order valence-electron chi connectivity index (χ4n) is 3.71. The van der Waals surface area contributed by atoms with Crippen molar-refractivity contribution in [2.75, 3.05) is 32.4 Å². The van der Waals surface area contributed by atoms with E-state index in [4.69, 9.17) is 0 Å². The molecule has 0 unspecified atom stereocenters. The molecule has 0 atom stereocenters. The van der Waals surface area contributed by atoms with Crippen molar-refractivity contribution in [3.05, 3.63) is 0 Å². The van der Waals surface area contributed by atoms with Crippen molar-refractivity contribution in [1.29, 1.82) is 0 Å². The maximum absolute atomic E-state index is 3.84. The molecule has 2 saturated carbocycles. The minimum Gasteiger partial charge on any atom is -0.309 e. The van der Waals surface area contributed by atoms with Gasteiger partial charge in [-0.05, 0) is 31.9 Å². The molecular formula is C14H26N2S. The maximum atomic E-state index is 3.84. The van der Waals surface area contributed by atoms with Crippen molar-refractivity contribution in [2.45, 2.75) is 55.2 Å². The van der Waals surface area contributed by atoms with Crippen molar-refractivity contribution < 1.29 is 0 Å². The minimum absolute atomic E-state index is 0.491. The summed E-state index contributed by atoms with van der Waals surface area (Å²) in [6.07, 6.45) is 12.4. The van der Waals surface area contributed by atoms with E-state index < -0.39 is 0 Å². The van der Waals surface area contributed by atoms with Crippen LogP contribution in [0.25, 0.3) is 0 Å². The van der Waals surface area contributed by atoms with Gasteiger partial charge in [-0.3, -0.25) is 4.90 Å². The Labute approximate surface area is 110 Å². The second kappa shape index (κ2) is 4.75. The maximum Gasteiger partial charge on any atom is 0.0309 e. The van der Waals surface area contributed by atoms with E-state index in [-0.39, 0.29) is 0 Å². The topological polar surface area (TPSA) is 15.3 Å². The van der Waals surface area contributed by atoms with Gasteiger partial charge in [0.05, 0.1) is 0 Å². The first kappa shape index (κ1) is 12.3. The predicted molar refractivity (Wildman–Crippen MR) is 75.7 cm³/mol. The van der Waals surface area contributed by atoms with Gasteiger partial charge in [0.2, 0.25) is 0 Å². The zero-order chi connectivity index (χ0) is 11.8. The summed E-state index contributed by atoms with van der Waals surface area (Å²) in [5.41, 5.74) is 0.491. The lowest BCUT2D eigenvalue weighted by Crippen LogP contribution is -2.61. The smallest absolute Gasteiger partial charge is 0.0309 e. The Morgan fingerprint density at radius 3 is 2.53 bits per heavy atom. The lowest BCUT2D eigenvalue weighted by Gasteiger charge is -2.47. The quantitative estimate of drug-likeness (QED) is 0.833. The number of nitrogens with zero attached hydrogens (tertiary/aromatic N) is 1. The van der Waals surface area contributed by atoms with E-state index in [1.54, 1.807) is 0 Å². The first-order valence-electron chi connectivity index (χ1n) is 7.29. The van der Waals surface area contributed by atoms with Gasteiger partial charge in [0.1, 0.15) is 0 Å². The van der Waals surface area contributed by atoms with Crippen LogP contribution in [0.3, 0.4) is 0 Å². The Morgan fingerprint density at radius 2 is 1.88 bits per heavy atom. The second-order valence-electron chi connectivity index (χ2n) is 6.37. The van der Waals surface area contributed by atoms with Crippen molar-refractivity contribution in [3.8, 4) is 0 Å². The molecule has 3 rings (SSSR count). The van der Waals surface area contributed by atoms with Crippen LogP contribution in [-0.4, -0.2) is 47.6 Å². The molecule has 2 nitrogen and oxygen atoms in total. The number of piperazine rings is 1. The van der Waals surface area contributed by atoms with E-state index in [1.165, 1.54) is 71.1 Å². The summed E-state index contributed by atoms with van der Waals surface area (Å²) in [4.78, 5) is 2.76. The monoisotopic (exact) mass is 254 g/mol. The highest BCUT2D eigenvalue weighted by Gasteiger charge is 2.45. The Bertz CT molecular complexity index is 264. The molecule has 1 N–H and O–H groups in total. The lowest BCUT2D eigenvalue weighted by atomic mass is 9.80. The summed E-state index contributed by atoms with van der Waals surface area (Å²) < 4.78 is 0.646. The Kier molecular flexibility index (Phi) is 3.44. The molecule has 98 valence electrons. The van der Waals surface area contributed by atoms with Crippen LogP contribution in [0.5, 0.6) is 0 Å². The molecule has 1 spiro atoms. The van der Waals surface area contributed by atoms with Gasteiger partial charge in [0.25, 0.3) is 0 Å². The zero-order valence-corrected chi connectivity index (χ0v) is 12.0. The molecule has 3 heteroatoms. The van der Waals surface area contributed by atoms with E-state index >= 15 is 0 Å². The standard InChI is InChI=1S/C14H26N2S/c1-17-14(7-8-14)12-16-10-9-15-13(11-16)5-3-2-4-6-13/h15H,2-12H2,1H3. The third kappa shape index (κ3) is 2.66. The number of rotatable bonds is 3. The van der Waals surface area contributed by atoms with Crippen molar-refractivity contribution >= 4 is 11.8 Å². The molecule has 0 bridgehead atoms. The van der Waals surface area contributed by atoms with E-state index in [1.807, 2.05) is 0 Å². The Hall–Kier alpha value is 0.270. The Balaban J connectivity index is 1.59. The molecule has 2 aliphatic carbocycles. The van der Waals surface area contributed by atoms with Gasteiger partial charge in [-0.2, -0.15) is 11.8 Å². The van der Waals surface area contributed by atoms with Crippen LogP contribution in [0.15, 0.2) is 0 Å². The summed E-state index contributed by atoms with van der Waals surface area (Å²) >= 11 is 2.10. The van der Waals surface area contributed by atoms with Gasteiger partial charge in [0.15, 0.2) is 0 Å². The summed E-state index contributed by atoms with van der Waals surface area (Å²) in [5, 5.41) is 3.84. The fourth-order valence-corrected chi connectivity index (χ4v) is 4.54. The molecule has 0 aromatic carbocycles. The molecule has 3 aliphatic rings. The predicted octanol–water partition coefficient (Wildman–Crippen LogP) is 2.49. The van der Waals surface area contributed by atoms with Gasteiger partial charge in [0, 0.05) is 36.5 Å². The molecule has 0 aromatic rings. The largest absolute Gasteiger partial charge is 0.309 e. The third-order valence-electron chi connectivity index (χ3n) is 5.02. The first-order valence-corrected chi connectivity index (χ1v) is 8.51. The van der Waals surface area contributed by atoms with Gasteiger partial charge >= 0.3 is 0 Å². The highest BCUT2D eigenvalue weighted by Crippen LogP contribution is 2.48. The highest BCUT2D eigenvalue weighted by molar-refractivity contribution is 8.00. The second-order valence-corrected chi connectivity index (χ2v) is 7.64. The van der Waals surface area contributed by atoms with Crippen LogP contribution in [0.1, 0.15) is 44.9 Å². The van der Waals surface area contributed by atoms with E-state index in [0.29, 0.717) is 10.3 Å². The molecule has 0 aromatic heterocycles.